The van der Waals surface area contributed by atoms with Gasteiger partial charge >= 0.3 is 0 Å². The van der Waals surface area contributed by atoms with Gasteiger partial charge in [-0.15, -0.1) is 0 Å². The lowest BCUT2D eigenvalue weighted by Gasteiger charge is -2.16. The Labute approximate surface area is 124 Å². The molecular formula is C12H18ClNO4S2. The zero-order valence-electron chi connectivity index (χ0n) is 11.5. The van der Waals surface area contributed by atoms with E-state index in [1.807, 2.05) is 13.8 Å². The van der Waals surface area contributed by atoms with Crippen molar-refractivity contribution in [3.05, 3.63) is 24.3 Å². The standard InChI is InChI=1S/C12H18ClNO4S2/c1-9(2)8-10(3)14-20(17,18)12-6-4-11(5-7-12)19(13,15)16/h4-7,9-10,14H,8H2,1-3H3. The first-order chi connectivity index (χ1) is 9.02. The SMILES string of the molecule is CC(C)CC(C)NS(=O)(=O)c1ccc(S(=O)(=O)Cl)cc1. The van der Waals surface area contributed by atoms with Crippen molar-refractivity contribution in [2.45, 2.75) is 43.0 Å². The molecule has 0 saturated heterocycles. The summed E-state index contributed by atoms with van der Waals surface area (Å²) in [7, 11) is -2.33. The smallest absolute Gasteiger partial charge is 0.208 e. The average molecular weight is 340 g/mol. The second-order valence-electron chi connectivity index (χ2n) is 5.06. The van der Waals surface area contributed by atoms with Crippen molar-refractivity contribution in [1.29, 1.82) is 0 Å². The summed E-state index contributed by atoms with van der Waals surface area (Å²) in [6.07, 6.45) is 0.716. The zero-order chi connectivity index (χ0) is 15.6. The van der Waals surface area contributed by atoms with Crippen LogP contribution in [0.4, 0.5) is 0 Å². The van der Waals surface area contributed by atoms with E-state index >= 15 is 0 Å². The maximum atomic E-state index is 12.1. The highest BCUT2D eigenvalue weighted by molar-refractivity contribution is 8.13. The van der Waals surface area contributed by atoms with Crippen molar-refractivity contribution >= 4 is 29.8 Å². The Morgan fingerprint density at radius 3 is 1.85 bits per heavy atom. The van der Waals surface area contributed by atoms with E-state index in [1.165, 1.54) is 24.3 Å². The van der Waals surface area contributed by atoms with Gasteiger partial charge in [-0.3, -0.25) is 0 Å². The molecule has 0 amide bonds. The minimum Gasteiger partial charge on any atom is -0.208 e. The molecule has 0 heterocycles. The van der Waals surface area contributed by atoms with Crippen LogP contribution in [-0.2, 0) is 19.1 Å². The fourth-order valence-electron chi connectivity index (χ4n) is 1.87. The molecule has 1 N–H and O–H groups in total. The van der Waals surface area contributed by atoms with Crippen molar-refractivity contribution in [2.24, 2.45) is 5.92 Å². The van der Waals surface area contributed by atoms with Crippen molar-refractivity contribution in [3.8, 4) is 0 Å². The molecule has 0 aromatic heterocycles. The number of nitrogens with one attached hydrogen (secondary N) is 1. The summed E-state index contributed by atoms with van der Waals surface area (Å²) in [4.78, 5) is -0.120. The van der Waals surface area contributed by atoms with Crippen LogP contribution in [0.25, 0.3) is 0 Å². The number of benzene rings is 1. The van der Waals surface area contributed by atoms with Crippen LogP contribution in [0.5, 0.6) is 0 Å². The molecule has 0 bridgehead atoms. The van der Waals surface area contributed by atoms with Crippen LogP contribution < -0.4 is 4.72 Å². The van der Waals surface area contributed by atoms with Gasteiger partial charge in [0.05, 0.1) is 9.79 Å². The van der Waals surface area contributed by atoms with Crippen LogP contribution in [0.15, 0.2) is 34.1 Å². The van der Waals surface area contributed by atoms with Gasteiger partial charge in [-0.1, -0.05) is 13.8 Å². The van der Waals surface area contributed by atoms with E-state index in [0.29, 0.717) is 12.3 Å². The van der Waals surface area contributed by atoms with E-state index in [4.69, 9.17) is 10.7 Å². The monoisotopic (exact) mass is 339 g/mol. The third kappa shape index (κ3) is 5.05. The first-order valence-corrected chi connectivity index (χ1v) is 9.88. The third-order valence-corrected chi connectivity index (χ3v) is 5.57. The predicted octanol–water partition coefficient (Wildman–Crippen LogP) is 2.33. The van der Waals surface area contributed by atoms with Gasteiger partial charge < -0.3 is 0 Å². The second kappa shape index (κ2) is 6.43. The average Bonchev–Trinajstić information content (AvgIpc) is 2.26. The fraction of sp³-hybridized carbons (Fsp3) is 0.500. The zero-order valence-corrected chi connectivity index (χ0v) is 13.9. The lowest BCUT2D eigenvalue weighted by molar-refractivity contribution is 0.482. The molecule has 1 aromatic carbocycles. The van der Waals surface area contributed by atoms with Crippen molar-refractivity contribution in [3.63, 3.8) is 0 Å². The Bertz CT molecular complexity index is 651. The third-order valence-electron chi connectivity index (χ3n) is 2.60. The van der Waals surface area contributed by atoms with Gasteiger partial charge in [0, 0.05) is 16.7 Å². The second-order valence-corrected chi connectivity index (χ2v) is 9.34. The molecule has 0 aliphatic heterocycles. The summed E-state index contributed by atoms with van der Waals surface area (Å²) in [5.41, 5.74) is 0. The molecule has 8 heteroatoms. The van der Waals surface area contributed by atoms with E-state index in [0.717, 1.165) is 0 Å². The van der Waals surface area contributed by atoms with E-state index in [2.05, 4.69) is 4.72 Å². The van der Waals surface area contributed by atoms with Crippen LogP contribution in [-0.4, -0.2) is 22.9 Å². The summed E-state index contributed by atoms with van der Waals surface area (Å²) in [6.45, 7) is 5.80. The topological polar surface area (TPSA) is 80.3 Å². The Morgan fingerprint density at radius 2 is 1.45 bits per heavy atom. The fourth-order valence-corrected chi connectivity index (χ4v) is 3.90. The number of halogens is 1. The van der Waals surface area contributed by atoms with Crippen molar-refractivity contribution in [2.75, 3.05) is 0 Å². The molecule has 0 spiro atoms. The first-order valence-electron chi connectivity index (χ1n) is 6.09. The highest BCUT2D eigenvalue weighted by atomic mass is 35.7. The Morgan fingerprint density at radius 1 is 1.00 bits per heavy atom. The molecule has 1 unspecified atom stereocenters. The summed E-state index contributed by atoms with van der Waals surface area (Å²) in [5, 5.41) is 0. The van der Waals surface area contributed by atoms with Gasteiger partial charge in [-0.05, 0) is 43.5 Å². The molecule has 1 atom stereocenters. The molecule has 5 nitrogen and oxygen atoms in total. The minimum atomic E-state index is -3.85. The number of hydrogen-bond acceptors (Lipinski definition) is 4. The molecule has 1 rings (SSSR count). The highest BCUT2D eigenvalue weighted by Gasteiger charge is 2.19. The molecule has 114 valence electrons. The summed E-state index contributed by atoms with van der Waals surface area (Å²) < 4.78 is 48.9. The van der Waals surface area contributed by atoms with Gasteiger partial charge in [0.25, 0.3) is 9.05 Å². The number of rotatable bonds is 6. The number of sulfonamides is 1. The molecule has 20 heavy (non-hydrogen) atoms. The minimum absolute atomic E-state index is 0.0113. The normalized spacial score (nSPS) is 14.4. The van der Waals surface area contributed by atoms with E-state index in [9.17, 15) is 16.8 Å². The van der Waals surface area contributed by atoms with E-state index in [-0.39, 0.29) is 15.8 Å². The van der Waals surface area contributed by atoms with E-state index in [1.54, 1.807) is 6.92 Å². The predicted molar refractivity (Wildman–Crippen MR) is 78.7 cm³/mol. The first kappa shape index (κ1) is 17.4. The lowest BCUT2D eigenvalue weighted by atomic mass is 10.1. The quantitative estimate of drug-likeness (QED) is 0.806. The van der Waals surface area contributed by atoms with Gasteiger partial charge in [-0.25, -0.2) is 21.6 Å². The molecular weight excluding hydrogens is 322 g/mol. The van der Waals surface area contributed by atoms with Gasteiger partial charge in [0.1, 0.15) is 0 Å². The molecule has 0 aliphatic carbocycles. The maximum Gasteiger partial charge on any atom is 0.261 e. The number of hydrogen-bond donors (Lipinski definition) is 1. The van der Waals surface area contributed by atoms with Crippen LogP contribution >= 0.6 is 10.7 Å². The van der Waals surface area contributed by atoms with Gasteiger partial charge in [-0.2, -0.15) is 0 Å². The molecule has 0 aliphatic rings. The molecule has 0 radical (unpaired) electrons. The molecule has 1 aromatic rings. The Kier molecular flexibility index (Phi) is 5.60. The largest absolute Gasteiger partial charge is 0.261 e. The van der Waals surface area contributed by atoms with Gasteiger partial charge in [0.2, 0.25) is 10.0 Å². The summed E-state index contributed by atoms with van der Waals surface area (Å²) in [5.74, 6) is 0.372. The van der Waals surface area contributed by atoms with Crippen LogP contribution in [0.3, 0.4) is 0 Å². The molecule has 0 fully saturated rings. The molecule has 0 saturated carbocycles. The van der Waals surface area contributed by atoms with Crippen LogP contribution in [0, 0.1) is 5.92 Å². The van der Waals surface area contributed by atoms with Crippen molar-refractivity contribution in [1.82, 2.24) is 4.72 Å². The summed E-state index contributed by atoms with van der Waals surface area (Å²) in [6, 6.07) is 4.59. The van der Waals surface area contributed by atoms with Crippen molar-refractivity contribution < 1.29 is 16.8 Å². The van der Waals surface area contributed by atoms with Crippen LogP contribution in [0.1, 0.15) is 27.2 Å². The summed E-state index contributed by atoms with van der Waals surface area (Å²) >= 11 is 0. The van der Waals surface area contributed by atoms with Crippen LogP contribution in [0.2, 0.25) is 0 Å². The maximum absolute atomic E-state index is 12.1. The van der Waals surface area contributed by atoms with Gasteiger partial charge in [0.15, 0.2) is 0 Å². The lowest BCUT2D eigenvalue weighted by Crippen LogP contribution is -2.33. The van der Waals surface area contributed by atoms with E-state index < -0.39 is 19.1 Å². The highest BCUT2D eigenvalue weighted by Crippen LogP contribution is 2.18. The Hall–Kier alpha value is -0.630. The Balaban J connectivity index is 2.94.